The minimum Gasteiger partial charge on any atom is -0.396 e. The van der Waals surface area contributed by atoms with E-state index in [9.17, 15) is 49.8 Å². The number of ether oxygens (including phenoxy) is 3. The van der Waals surface area contributed by atoms with Gasteiger partial charge in [0.15, 0.2) is 5.78 Å². The third kappa shape index (κ3) is 21.8. The molecule has 0 saturated heterocycles. The third-order valence-corrected chi connectivity index (χ3v) is 12.6. The molecule has 0 radical (unpaired) electrons. The average molecular weight is 874 g/mol. The molecule has 3 amide bonds. The minimum atomic E-state index is -0.967. The lowest BCUT2D eigenvalue weighted by molar-refractivity contribution is -0.144. The molecule has 2 aliphatic carbocycles. The Hall–Kier alpha value is -2.28. The van der Waals surface area contributed by atoms with E-state index < -0.39 is 42.3 Å². The van der Waals surface area contributed by atoms with E-state index in [4.69, 9.17) is 14.2 Å². The first kappa shape index (κ1) is 54.9. The maximum atomic E-state index is 13.3. The van der Waals surface area contributed by atoms with Crippen LogP contribution in [0.25, 0.3) is 0 Å². The fourth-order valence-corrected chi connectivity index (χ4v) is 8.34. The molecular weight excluding hydrogens is 791 g/mol. The predicted octanol–water partition coefficient (Wildman–Crippen LogP) is 2.45. The molecule has 0 spiro atoms. The summed E-state index contributed by atoms with van der Waals surface area (Å²) < 4.78 is 16.9. The molecule has 2 aliphatic rings. The van der Waals surface area contributed by atoms with Crippen molar-refractivity contribution in [3.05, 3.63) is 0 Å². The number of hydrogen-bond acceptors (Lipinski definition) is 13. The van der Waals surface area contributed by atoms with Gasteiger partial charge in [-0.15, -0.1) is 0 Å². The van der Waals surface area contributed by atoms with Crippen LogP contribution in [0.3, 0.4) is 0 Å². The summed E-state index contributed by atoms with van der Waals surface area (Å²) in [5.41, 5.74) is 0. The maximum Gasteiger partial charge on any atom is 0.220 e. The number of unbranched alkanes of at least 4 members (excludes halogenated alkanes) is 8. The highest BCUT2D eigenvalue weighted by Gasteiger charge is 2.42. The topological polar surface area (TPSA) is 253 Å². The number of hydrogen-bond donors (Lipinski definition) is 9. The van der Waals surface area contributed by atoms with Gasteiger partial charge in [0, 0.05) is 103 Å². The summed E-state index contributed by atoms with van der Waals surface area (Å²) >= 11 is 0. The summed E-state index contributed by atoms with van der Waals surface area (Å²) in [7, 11) is 1.63. The van der Waals surface area contributed by atoms with Crippen molar-refractivity contribution in [1.29, 1.82) is 0 Å². The number of aliphatic hydroxyl groups is 6. The van der Waals surface area contributed by atoms with Crippen LogP contribution in [0.2, 0.25) is 0 Å². The molecule has 2 rings (SSSR count). The quantitative estimate of drug-likeness (QED) is 0.0422. The molecule has 16 nitrogen and oxygen atoms in total. The number of amides is 3. The van der Waals surface area contributed by atoms with Gasteiger partial charge in [0.2, 0.25) is 17.7 Å². The second-order valence-corrected chi connectivity index (χ2v) is 17.5. The van der Waals surface area contributed by atoms with Crippen molar-refractivity contribution in [1.82, 2.24) is 16.0 Å². The average Bonchev–Trinajstić information content (AvgIpc) is 3.25. The molecule has 0 aliphatic heterocycles. The number of nitrogens with one attached hydrogen (secondary N) is 3. The molecule has 10 unspecified atom stereocenters. The van der Waals surface area contributed by atoms with Gasteiger partial charge in [0.05, 0.1) is 42.7 Å². The second-order valence-electron chi connectivity index (χ2n) is 17.5. The summed E-state index contributed by atoms with van der Waals surface area (Å²) in [4.78, 5) is 50.8. The number of methoxy groups -OCH3 is 1. The van der Waals surface area contributed by atoms with Crippen LogP contribution in [0.1, 0.15) is 142 Å². The van der Waals surface area contributed by atoms with Crippen molar-refractivity contribution in [3.63, 3.8) is 0 Å². The van der Waals surface area contributed by atoms with Gasteiger partial charge in [-0.25, -0.2) is 0 Å². The van der Waals surface area contributed by atoms with Crippen molar-refractivity contribution in [3.8, 4) is 0 Å². The van der Waals surface area contributed by atoms with Crippen LogP contribution in [0.4, 0.5) is 0 Å². The monoisotopic (exact) mass is 874 g/mol. The summed E-state index contributed by atoms with van der Waals surface area (Å²) in [6.45, 7) is 5.83. The van der Waals surface area contributed by atoms with Gasteiger partial charge in [-0.05, 0) is 77.0 Å². The van der Waals surface area contributed by atoms with E-state index in [1.165, 1.54) is 0 Å². The molecule has 61 heavy (non-hydrogen) atoms. The number of carbonyl (C=O) groups is 4. The Balaban J connectivity index is 1.69. The third-order valence-electron chi connectivity index (χ3n) is 12.6. The minimum absolute atomic E-state index is 0.0133. The molecule has 2 fully saturated rings. The second kappa shape index (κ2) is 32.4. The molecule has 11 atom stereocenters. The molecule has 9 N–H and O–H groups in total. The smallest absolute Gasteiger partial charge is 0.220 e. The standard InChI is InChI=1S/C45H83N3O13/c1-31-37(27-33(29-49)44(57)42(31)55)60-25-14-6-10-20-39(52)46-22-13-12-17-35(36(51)18-8-4-5-9-19-40(53)47-23-16-24-59-3)48-41(54)21-11-7-15-26-61-38-28-34(30-50)45(58)43(56)32(38)2/h31-35,37-38,42-45,49-50,55-58H,4-30H2,1-3H3,(H,46,52)(H,47,53)(H,48,54)/t31?,32?,33?,34?,35-,37?,38?,42?,43?,44?,45?/m0/s1. The highest BCUT2D eigenvalue weighted by atomic mass is 16.5. The molecule has 0 aromatic carbocycles. The normalized spacial score (nSPS) is 27.0. The van der Waals surface area contributed by atoms with Crippen LogP contribution < -0.4 is 16.0 Å². The zero-order valence-corrected chi connectivity index (χ0v) is 37.5. The van der Waals surface area contributed by atoms with Gasteiger partial charge in [-0.1, -0.05) is 39.5 Å². The predicted molar refractivity (Wildman–Crippen MR) is 230 cm³/mol. The Bertz CT molecular complexity index is 1210. The lowest BCUT2D eigenvalue weighted by Gasteiger charge is -2.40. The largest absolute Gasteiger partial charge is 0.396 e. The Morgan fingerprint density at radius 2 is 0.984 bits per heavy atom. The van der Waals surface area contributed by atoms with Crippen LogP contribution >= 0.6 is 0 Å². The van der Waals surface area contributed by atoms with E-state index in [0.29, 0.717) is 110 Å². The molecule has 0 aromatic rings. The fraction of sp³-hybridized carbons (Fsp3) is 0.911. The van der Waals surface area contributed by atoms with Crippen LogP contribution in [-0.4, -0.2) is 150 Å². The van der Waals surface area contributed by atoms with Crippen LogP contribution in [-0.2, 0) is 33.4 Å². The zero-order valence-electron chi connectivity index (χ0n) is 37.5. The lowest BCUT2D eigenvalue weighted by Crippen LogP contribution is -2.50. The van der Waals surface area contributed by atoms with Crippen molar-refractivity contribution in [2.75, 3.05) is 53.2 Å². The van der Waals surface area contributed by atoms with Crippen LogP contribution in [0.15, 0.2) is 0 Å². The highest BCUT2D eigenvalue weighted by molar-refractivity contribution is 5.89. The zero-order chi connectivity index (χ0) is 45.0. The first-order valence-corrected chi connectivity index (χ1v) is 23.4. The Morgan fingerprint density at radius 3 is 1.46 bits per heavy atom. The van der Waals surface area contributed by atoms with Crippen LogP contribution in [0.5, 0.6) is 0 Å². The summed E-state index contributed by atoms with van der Waals surface area (Å²) in [5.74, 6) is -1.54. The van der Waals surface area contributed by atoms with E-state index >= 15 is 0 Å². The Morgan fingerprint density at radius 1 is 0.541 bits per heavy atom. The molecule has 0 bridgehead atoms. The van der Waals surface area contributed by atoms with Crippen molar-refractivity contribution < 1.29 is 64.0 Å². The van der Waals surface area contributed by atoms with E-state index in [2.05, 4.69) is 16.0 Å². The molecule has 0 aromatic heterocycles. The number of carbonyl (C=O) groups excluding carboxylic acids is 4. The number of Topliss-reactive ketones (excluding diaryl/α,β-unsaturated/α-hetero) is 1. The summed E-state index contributed by atoms with van der Waals surface area (Å²) in [6, 6.07) is -0.611. The number of aliphatic hydroxyl groups excluding tert-OH is 6. The van der Waals surface area contributed by atoms with E-state index in [-0.39, 0.29) is 67.2 Å². The first-order valence-electron chi connectivity index (χ1n) is 23.4. The molecule has 16 heteroatoms. The fourth-order valence-electron chi connectivity index (χ4n) is 8.34. The number of rotatable bonds is 34. The Labute approximate surface area is 364 Å². The van der Waals surface area contributed by atoms with E-state index in [1.807, 2.05) is 13.8 Å². The van der Waals surface area contributed by atoms with Crippen molar-refractivity contribution in [2.24, 2.45) is 23.7 Å². The SMILES string of the molecule is COCCCNC(=O)CCCCCCC(=O)[C@H](CCCCNC(=O)CCCCCOC1CC(CO)C(O)C(O)C1C)NC(=O)CCCCCOC1CC(CO)C(O)C(O)C1C. The van der Waals surface area contributed by atoms with E-state index in [1.54, 1.807) is 7.11 Å². The Kier molecular flexibility index (Phi) is 29.1. The molecule has 2 saturated carbocycles. The van der Waals surface area contributed by atoms with Gasteiger partial charge < -0.3 is 60.8 Å². The first-order chi connectivity index (χ1) is 29.3. The van der Waals surface area contributed by atoms with Gasteiger partial charge in [-0.2, -0.15) is 0 Å². The van der Waals surface area contributed by atoms with Gasteiger partial charge in [0.1, 0.15) is 0 Å². The van der Waals surface area contributed by atoms with Gasteiger partial charge >= 0.3 is 0 Å². The molecular formula is C45H83N3O13. The van der Waals surface area contributed by atoms with Crippen molar-refractivity contribution >= 4 is 23.5 Å². The van der Waals surface area contributed by atoms with E-state index in [0.717, 1.165) is 44.9 Å². The van der Waals surface area contributed by atoms with Crippen molar-refractivity contribution in [2.45, 2.75) is 185 Å². The maximum absolute atomic E-state index is 13.3. The molecule has 0 heterocycles. The van der Waals surface area contributed by atoms with Gasteiger partial charge in [-0.3, -0.25) is 19.2 Å². The summed E-state index contributed by atoms with van der Waals surface area (Å²) in [5, 5.41) is 68.7. The number of ketones is 1. The lowest BCUT2D eigenvalue weighted by atomic mass is 9.77. The summed E-state index contributed by atoms with van der Waals surface area (Å²) in [6.07, 6.45) is 8.04. The highest BCUT2D eigenvalue weighted by Crippen LogP contribution is 2.33. The van der Waals surface area contributed by atoms with Crippen LogP contribution in [0, 0.1) is 23.7 Å². The molecule has 356 valence electrons. The van der Waals surface area contributed by atoms with Gasteiger partial charge in [0.25, 0.3) is 0 Å².